The topological polar surface area (TPSA) is 69.2 Å². The van der Waals surface area contributed by atoms with Gasteiger partial charge in [0, 0.05) is 42.1 Å². The summed E-state index contributed by atoms with van der Waals surface area (Å²) in [6.45, 7) is 4.77. The Morgan fingerprint density at radius 1 is 1.67 bits per heavy atom. The molecule has 1 aliphatic rings. The van der Waals surface area contributed by atoms with Crippen molar-refractivity contribution < 1.29 is 5.11 Å². The van der Waals surface area contributed by atoms with Crippen molar-refractivity contribution in [3.63, 3.8) is 0 Å². The van der Waals surface area contributed by atoms with Crippen LogP contribution >= 0.6 is 11.8 Å². The third kappa shape index (κ3) is 2.93. The van der Waals surface area contributed by atoms with Crippen LogP contribution in [0.25, 0.3) is 0 Å². The smallest absolute Gasteiger partial charge is 0.255 e. The van der Waals surface area contributed by atoms with E-state index in [2.05, 4.69) is 21.8 Å². The van der Waals surface area contributed by atoms with E-state index in [4.69, 9.17) is 5.11 Å². The summed E-state index contributed by atoms with van der Waals surface area (Å²) in [5.41, 5.74) is 0.656. The summed E-state index contributed by atoms with van der Waals surface area (Å²) in [7, 11) is 0. The van der Waals surface area contributed by atoms with Crippen LogP contribution in [0.4, 0.5) is 0 Å². The minimum Gasteiger partial charge on any atom is -0.396 e. The zero-order valence-corrected chi connectivity index (χ0v) is 11.5. The zero-order chi connectivity index (χ0) is 13.1. The highest BCUT2D eigenvalue weighted by Crippen LogP contribution is 2.31. The first-order valence-corrected chi connectivity index (χ1v) is 7.18. The van der Waals surface area contributed by atoms with Crippen molar-refractivity contribution >= 4 is 11.8 Å². The Kier molecular flexibility index (Phi) is 4.42. The fourth-order valence-electron chi connectivity index (χ4n) is 2.17. The maximum absolute atomic E-state index is 11.8. The Bertz CT molecular complexity index is 463. The third-order valence-corrected chi connectivity index (χ3v) is 4.89. The van der Waals surface area contributed by atoms with Gasteiger partial charge in [-0.3, -0.25) is 9.69 Å². The quantitative estimate of drug-likeness (QED) is 0.843. The molecule has 1 saturated heterocycles. The molecule has 0 spiro atoms. The van der Waals surface area contributed by atoms with Crippen molar-refractivity contribution in [1.82, 2.24) is 14.9 Å². The molecule has 0 saturated carbocycles. The minimum atomic E-state index is -0.0506. The molecule has 2 N–H and O–H groups in total. The van der Waals surface area contributed by atoms with Gasteiger partial charge in [-0.2, -0.15) is 0 Å². The summed E-state index contributed by atoms with van der Waals surface area (Å²) in [5.74, 6) is 1.55. The van der Waals surface area contributed by atoms with E-state index >= 15 is 0 Å². The molecule has 2 heterocycles. The second-order valence-corrected chi connectivity index (χ2v) is 5.85. The van der Waals surface area contributed by atoms with Crippen LogP contribution in [-0.4, -0.2) is 43.7 Å². The molecule has 2 rings (SSSR count). The highest BCUT2D eigenvalue weighted by atomic mass is 32.2. The first-order chi connectivity index (χ1) is 8.61. The Morgan fingerprint density at radius 3 is 3.11 bits per heavy atom. The number of aliphatic hydroxyl groups is 1. The highest BCUT2D eigenvalue weighted by molar-refractivity contribution is 8.00. The lowest BCUT2D eigenvalue weighted by atomic mass is 10.1. The van der Waals surface area contributed by atoms with Gasteiger partial charge in [-0.1, -0.05) is 0 Å². The molecule has 1 aromatic heterocycles. The van der Waals surface area contributed by atoms with Crippen LogP contribution < -0.4 is 5.56 Å². The van der Waals surface area contributed by atoms with E-state index in [9.17, 15) is 4.79 Å². The summed E-state index contributed by atoms with van der Waals surface area (Å²) in [6, 6.07) is 0.378. The number of nitrogens with zero attached hydrogens (tertiary/aromatic N) is 2. The van der Waals surface area contributed by atoms with Gasteiger partial charge >= 0.3 is 0 Å². The monoisotopic (exact) mass is 269 g/mol. The Balaban J connectivity index is 2.04. The van der Waals surface area contributed by atoms with Gasteiger partial charge < -0.3 is 10.1 Å². The molecule has 0 aromatic carbocycles. The van der Waals surface area contributed by atoms with Gasteiger partial charge in [-0.05, 0) is 20.3 Å². The molecule has 18 heavy (non-hydrogen) atoms. The lowest BCUT2D eigenvalue weighted by Crippen LogP contribution is -2.34. The lowest BCUT2D eigenvalue weighted by Gasteiger charge is -2.22. The van der Waals surface area contributed by atoms with Crippen molar-refractivity contribution in [3.8, 4) is 0 Å². The lowest BCUT2D eigenvalue weighted by molar-refractivity contribution is 0.226. The number of aromatic amines is 1. The molecule has 0 bridgehead atoms. The molecule has 1 aliphatic heterocycles. The first kappa shape index (κ1) is 13.6. The Labute approximate surface area is 111 Å². The van der Waals surface area contributed by atoms with Crippen LogP contribution in [-0.2, 0) is 6.54 Å². The molecular formula is C12H19N3O2S. The fourth-order valence-corrected chi connectivity index (χ4v) is 3.60. The second kappa shape index (κ2) is 5.86. The van der Waals surface area contributed by atoms with E-state index in [-0.39, 0.29) is 12.2 Å². The maximum atomic E-state index is 11.8. The SMILES string of the molecule is Cc1ncc(CN2CS[C@@H](CCO)[C@H]2C)c(=O)[nH]1. The van der Waals surface area contributed by atoms with Gasteiger partial charge in [0.25, 0.3) is 5.56 Å². The second-order valence-electron chi connectivity index (χ2n) is 4.66. The number of aliphatic hydroxyl groups excluding tert-OH is 1. The predicted molar refractivity (Wildman–Crippen MR) is 72.5 cm³/mol. The molecule has 6 heteroatoms. The molecule has 0 aliphatic carbocycles. The first-order valence-electron chi connectivity index (χ1n) is 6.13. The van der Waals surface area contributed by atoms with Crippen molar-refractivity contribution in [2.45, 2.75) is 38.1 Å². The number of rotatable bonds is 4. The van der Waals surface area contributed by atoms with Crippen molar-refractivity contribution in [2.75, 3.05) is 12.5 Å². The van der Waals surface area contributed by atoms with Crippen molar-refractivity contribution in [3.05, 3.63) is 27.9 Å². The summed E-state index contributed by atoms with van der Waals surface area (Å²) in [5, 5.41) is 9.45. The van der Waals surface area contributed by atoms with Gasteiger partial charge in [0.2, 0.25) is 0 Å². The summed E-state index contributed by atoms with van der Waals surface area (Å²) < 4.78 is 0. The third-order valence-electron chi connectivity index (χ3n) is 3.36. The maximum Gasteiger partial charge on any atom is 0.255 e. The molecule has 2 atom stereocenters. The van der Waals surface area contributed by atoms with E-state index in [1.165, 1.54) is 0 Å². The van der Waals surface area contributed by atoms with Crippen molar-refractivity contribution in [1.29, 1.82) is 0 Å². The Hall–Kier alpha value is -0.850. The van der Waals surface area contributed by atoms with Crippen LogP contribution in [0.2, 0.25) is 0 Å². The van der Waals surface area contributed by atoms with Gasteiger partial charge in [-0.25, -0.2) is 4.98 Å². The number of hydrogen-bond acceptors (Lipinski definition) is 5. The minimum absolute atomic E-state index is 0.0506. The summed E-state index contributed by atoms with van der Waals surface area (Å²) in [6.07, 6.45) is 2.47. The average Bonchev–Trinajstić information content (AvgIpc) is 2.66. The number of aryl methyl sites for hydroxylation is 1. The van der Waals surface area contributed by atoms with E-state index in [0.717, 1.165) is 12.3 Å². The molecule has 100 valence electrons. The molecule has 5 nitrogen and oxygen atoms in total. The van der Waals surface area contributed by atoms with Crippen LogP contribution in [0, 0.1) is 6.92 Å². The van der Waals surface area contributed by atoms with Crippen molar-refractivity contribution in [2.24, 2.45) is 0 Å². The number of hydrogen-bond donors (Lipinski definition) is 2. The van der Waals surface area contributed by atoms with E-state index < -0.39 is 0 Å². The van der Waals surface area contributed by atoms with Gasteiger partial charge in [0.1, 0.15) is 5.82 Å². The molecule has 0 radical (unpaired) electrons. The fraction of sp³-hybridized carbons (Fsp3) is 0.667. The van der Waals surface area contributed by atoms with Crippen LogP contribution in [0.15, 0.2) is 11.0 Å². The van der Waals surface area contributed by atoms with Crippen LogP contribution in [0.3, 0.4) is 0 Å². The van der Waals surface area contributed by atoms with Gasteiger partial charge in [-0.15, -0.1) is 11.8 Å². The number of H-pyrrole nitrogens is 1. The largest absolute Gasteiger partial charge is 0.396 e. The number of thioether (sulfide) groups is 1. The summed E-state index contributed by atoms with van der Waals surface area (Å²) in [4.78, 5) is 20.9. The van der Waals surface area contributed by atoms with E-state index in [1.807, 2.05) is 11.8 Å². The number of nitrogens with one attached hydrogen (secondary N) is 1. The summed E-state index contributed by atoms with van der Waals surface area (Å²) >= 11 is 1.84. The van der Waals surface area contributed by atoms with Gasteiger partial charge in [0.15, 0.2) is 0 Å². The number of aromatic nitrogens is 2. The van der Waals surface area contributed by atoms with E-state index in [1.54, 1.807) is 13.1 Å². The van der Waals surface area contributed by atoms with Crippen LogP contribution in [0.5, 0.6) is 0 Å². The molecular weight excluding hydrogens is 250 g/mol. The average molecular weight is 269 g/mol. The molecule has 0 amide bonds. The highest BCUT2D eigenvalue weighted by Gasteiger charge is 2.31. The predicted octanol–water partition coefficient (Wildman–Crippen LogP) is 0.724. The Morgan fingerprint density at radius 2 is 2.44 bits per heavy atom. The standard InChI is InChI=1S/C12H19N3O2S/c1-8-11(3-4-16)18-7-15(8)6-10-5-13-9(2)14-12(10)17/h5,8,11,16H,3-4,6-7H2,1-2H3,(H,13,14,17)/t8-,11+/m1/s1. The molecule has 1 fully saturated rings. The van der Waals surface area contributed by atoms with Crippen LogP contribution in [0.1, 0.15) is 24.7 Å². The zero-order valence-electron chi connectivity index (χ0n) is 10.7. The molecule has 0 unspecified atom stereocenters. The molecule has 1 aromatic rings. The van der Waals surface area contributed by atoms with E-state index in [0.29, 0.717) is 29.2 Å². The normalized spacial score (nSPS) is 24.6. The van der Waals surface area contributed by atoms with Gasteiger partial charge in [0.05, 0.1) is 0 Å².